The number of rotatable bonds is 10. The lowest BCUT2D eigenvalue weighted by Crippen LogP contribution is -2.29. The van der Waals surface area contributed by atoms with Crippen LogP contribution in [0.5, 0.6) is 0 Å². The normalized spacial score (nSPS) is 13.1. The first kappa shape index (κ1) is 23.8. The van der Waals surface area contributed by atoms with Crippen LogP contribution in [0.1, 0.15) is 38.8 Å². The van der Waals surface area contributed by atoms with Gasteiger partial charge in [-0.1, -0.05) is 62.2 Å². The van der Waals surface area contributed by atoms with Crippen LogP contribution in [-0.2, 0) is 21.6 Å². The molecule has 1 atom stereocenters. The number of carbonyl (C=O) groups excluding carboxylic acids is 1. The summed E-state index contributed by atoms with van der Waals surface area (Å²) in [6.07, 6.45) is -0.162. The third-order valence-corrected chi connectivity index (χ3v) is 5.25. The van der Waals surface area contributed by atoms with E-state index in [1.807, 2.05) is 13.8 Å². The van der Waals surface area contributed by atoms with Crippen LogP contribution < -0.4 is 4.72 Å². The van der Waals surface area contributed by atoms with Crippen LogP contribution in [0.2, 0.25) is 0 Å². The Labute approximate surface area is 180 Å². The van der Waals surface area contributed by atoms with Crippen molar-refractivity contribution in [3.05, 3.63) is 63.7 Å². The molecular formula is C22H27FN2O4S. The molecule has 0 aliphatic carbocycles. The molecule has 0 bridgehead atoms. The summed E-state index contributed by atoms with van der Waals surface area (Å²) in [5.74, 6) is -0.510. The summed E-state index contributed by atoms with van der Waals surface area (Å²) in [4.78, 5) is 22.7. The standard InChI is InChI=1S/C22H27FN2O4S/c1-5-29-21(26)13-18-7-6-17(12-20(18)25(27)28)16-8-10-19(11-9-16)22(4,23)14-24-30-15(2)3/h6-12,15,24H,5,13-14H2,1-4H3. The molecule has 0 saturated heterocycles. The fraction of sp³-hybridized carbons (Fsp3) is 0.409. The quantitative estimate of drug-likeness (QED) is 0.240. The fourth-order valence-electron chi connectivity index (χ4n) is 2.89. The van der Waals surface area contributed by atoms with Gasteiger partial charge in [0.25, 0.3) is 5.69 Å². The molecule has 2 aromatic carbocycles. The van der Waals surface area contributed by atoms with Gasteiger partial charge in [0.15, 0.2) is 0 Å². The average Bonchev–Trinajstić information content (AvgIpc) is 2.68. The Morgan fingerprint density at radius 3 is 2.43 bits per heavy atom. The van der Waals surface area contributed by atoms with Gasteiger partial charge in [-0.2, -0.15) is 0 Å². The lowest BCUT2D eigenvalue weighted by atomic mass is 9.94. The van der Waals surface area contributed by atoms with E-state index in [0.29, 0.717) is 21.9 Å². The van der Waals surface area contributed by atoms with E-state index in [-0.39, 0.29) is 25.3 Å². The van der Waals surface area contributed by atoms with Crippen LogP contribution >= 0.6 is 11.9 Å². The van der Waals surface area contributed by atoms with Crippen molar-refractivity contribution in [3.63, 3.8) is 0 Å². The van der Waals surface area contributed by atoms with Gasteiger partial charge in [0.05, 0.1) is 18.0 Å². The molecule has 0 fully saturated rings. The number of carbonyl (C=O) groups is 1. The maximum absolute atomic E-state index is 15.0. The first-order valence-corrected chi connectivity index (χ1v) is 10.6. The molecule has 0 aliphatic rings. The van der Waals surface area contributed by atoms with Gasteiger partial charge in [-0.3, -0.25) is 19.6 Å². The van der Waals surface area contributed by atoms with Gasteiger partial charge in [-0.25, -0.2) is 4.39 Å². The van der Waals surface area contributed by atoms with Gasteiger partial charge in [-0.05, 0) is 30.5 Å². The molecule has 0 spiro atoms. The van der Waals surface area contributed by atoms with Gasteiger partial charge in [0.2, 0.25) is 0 Å². The number of hydrogen-bond acceptors (Lipinski definition) is 6. The molecule has 162 valence electrons. The largest absolute Gasteiger partial charge is 0.466 e. The van der Waals surface area contributed by atoms with E-state index < -0.39 is 16.6 Å². The molecule has 0 radical (unpaired) electrons. The maximum atomic E-state index is 15.0. The number of nitro groups is 1. The van der Waals surface area contributed by atoms with Crippen LogP contribution in [0.4, 0.5) is 10.1 Å². The van der Waals surface area contributed by atoms with E-state index in [1.165, 1.54) is 24.9 Å². The van der Waals surface area contributed by atoms with E-state index in [1.54, 1.807) is 43.3 Å². The smallest absolute Gasteiger partial charge is 0.310 e. The van der Waals surface area contributed by atoms with Crippen molar-refractivity contribution in [2.75, 3.05) is 13.2 Å². The maximum Gasteiger partial charge on any atom is 0.310 e. The summed E-state index contributed by atoms with van der Waals surface area (Å²) >= 11 is 1.48. The lowest BCUT2D eigenvalue weighted by Gasteiger charge is -2.22. The van der Waals surface area contributed by atoms with E-state index in [9.17, 15) is 14.9 Å². The van der Waals surface area contributed by atoms with Crippen molar-refractivity contribution < 1.29 is 18.8 Å². The Morgan fingerprint density at radius 2 is 1.87 bits per heavy atom. The zero-order chi connectivity index (χ0) is 22.3. The third kappa shape index (κ3) is 6.53. The first-order chi connectivity index (χ1) is 14.1. The molecule has 0 aliphatic heterocycles. The first-order valence-electron chi connectivity index (χ1n) is 9.75. The van der Waals surface area contributed by atoms with Crippen LogP contribution in [0.25, 0.3) is 11.1 Å². The van der Waals surface area contributed by atoms with Gasteiger partial charge >= 0.3 is 5.97 Å². The number of benzene rings is 2. The van der Waals surface area contributed by atoms with Crippen molar-refractivity contribution in [3.8, 4) is 11.1 Å². The lowest BCUT2D eigenvalue weighted by molar-refractivity contribution is -0.385. The van der Waals surface area contributed by atoms with Crippen molar-refractivity contribution in [2.45, 2.75) is 45.0 Å². The highest BCUT2D eigenvalue weighted by Gasteiger charge is 2.26. The number of esters is 1. The Bertz CT molecular complexity index is 885. The highest BCUT2D eigenvalue weighted by Crippen LogP contribution is 2.31. The zero-order valence-electron chi connectivity index (χ0n) is 17.6. The fourth-order valence-corrected chi connectivity index (χ4v) is 3.57. The molecule has 2 rings (SSSR count). The minimum Gasteiger partial charge on any atom is -0.466 e. The van der Waals surface area contributed by atoms with Gasteiger partial charge in [-0.15, -0.1) is 0 Å². The predicted octanol–water partition coefficient (Wildman–Crippen LogP) is 5.20. The van der Waals surface area contributed by atoms with Crippen molar-refractivity contribution in [1.29, 1.82) is 0 Å². The van der Waals surface area contributed by atoms with Crippen molar-refractivity contribution in [1.82, 2.24) is 4.72 Å². The number of halogens is 1. The number of alkyl halides is 1. The molecule has 2 aromatic rings. The second kappa shape index (κ2) is 10.5. The van der Waals surface area contributed by atoms with E-state index >= 15 is 4.39 Å². The van der Waals surface area contributed by atoms with E-state index in [0.717, 1.165) is 5.56 Å². The van der Waals surface area contributed by atoms with Gasteiger partial charge < -0.3 is 4.74 Å². The minimum absolute atomic E-state index is 0.144. The highest BCUT2D eigenvalue weighted by molar-refractivity contribution is 7.97. The highest BCUT2D eigenvalue weighted by atomic mass is 32.2. The summed E-state index contributed by atoms with van der Waals surface area (Å²) < 4.78 is 22.9. The summed E-state index contributed by atoms with van der Waals surface area (Å²) in [7, 11) is 0. The Hall–Kier alpha value is -2.45. The molecule has 0 amide bonds. The van der Waals surface area contributed by atoms with E-state index in [2.05, 4.69) is 4.72 Å². The summed E-state index contributed by atoms with van der Waals surface area (Å²) in [5.41, 5.74) is 0.477. The Morgan fingerprint density at radius 1 is 1.23 bits per heavy atom. The molecule has 0 saturated carbocycles. The molecule has 0 heterocycles. The number of nitro benzene ring substituents is 1. The predicted molar refractivity (Wildman–Crippen MR) is 118 cm³/mol. The number of hydrogen-bond donors (Lipinski definition) is 1. The second-order valence-corrected chi connectivity index (χ2v) is 8.81. The van der Waals surface area contributed by atoms with Gasteiger partial charge in [0.1, 0.15) is 5.67 Å². The third-order valence-electron chi connectivity index (χ3n) is 4.47. The van der Waals surface area contributed by atoms with E-state index in [4.69, 9.17) is 4.74 Å². The SMILES string of the molecule is CCOC(=O)Cc1ccc(-c2ccc(C(C)(F)CNSC(C)C)cc2)cc1[N+](=O)[O-]. The van der Waals surface area contributed by atoms with Gasteiger partial charge in [0, 0.05) is 23.4 Å². The summed E-state index contributed by atoms with van der Waals surface area (Å²) in [6, 6.07) is 11.6. The van der Waals surface area contributed by atoms with Crippen LogP contribution in [-0.4, -0.2) is 29.3 Å². The molecule has 30 heavy (non-hydrogen) atoms. The molecule has 6 nitrogen and oxygen atoms in total. The monoisotopic (exact) mass is 434 g/mol. The van der Waals surface area contributed by atoms with Crippen LogP contribution in [0.3, 0.4) is 0 Å². The number of nitrogens with one attached hydrogen (secondary N) is 1. The number of nitrogens with zero attached hydrogens (tertiary/aromatic N) is 1. The number of ether oxygens (including phenoxy) is 1. The second-order valence-electron chi connectivity index (χ2n) is 7.34. The van der Waals surface area contributed by atoms with Crippen molar-refractivity contribution in [2.24, 2.45) is 0 Å². The topological polar surface area (TPSA) is 81.5 Å². The molecular weight excluding hydrogens is 407 g/mol. The molecule has 8 heteroatoms. The zero-order valence-corrected chi connectivity index (χ0v) is 18.4. The molecule has 1 unspecified atom stereocenters. The summed E-state index contributed by atoms with van der Waals surface area (Å²) in [6.45, 7) is 7.64. The Kier molecular flexibility index (Phi) is 8.37. The van der Waals surface area contributed by atoms with Crippen molar-refractivity contribution >= 4 is 23.6 Å². The Balaban J connectivity index is 2.22. The van der Waals surface area contributed by atoms with Crippen LogP contribution in [0, 0.1) is 10.1 Å². The molecule has 1 N–H and O–H groups in total. The summed E-state index contributed by atoms with van der Waals surface area (Å²) in [5, 5.41) is 11.8. The average molecular weight is 435 g/mol. The molecule has 0 aromatic heterocycles. The van der Waals surface area contributed by atoms with Crippen LogP contribution in [0.15, 0.2) is 42.5 Å². The minimum atomic E-state index is -1.55.